The number of carbonyl (C=O) groups is 1. The number of rotatable bonds is 4. The van der Waals surface area contributed by atoms with Gasteiger partial charge in [0.15, 0.2) is 5.82 Å². The van der Waals surface area contributed by atoms with Gasteiger partial charge in [0.2, 0.25) is 5.91 Å². The number of nitrogens with two attached hydrogens (primary N) is 1. The van der Waals surface area contributed by atoms with Crippen LogP contribution >= 0.6 is 0 Å². The molecule has 2 unspecified atom stereocenters. The minimum absolute atomic E-state index is 0.0168. The summed E-state index contributed by atoms with van der Waals surface area (Å²) >= 11 is 0. The zero-order valence-electron chi connectivity index (χ0n) is 14.6. The molecular weight excluding hydrogens is 324 g/mol. The third-order valence-electron chi connectivity index (χ3n) is 5.09. The Balaban J connectivity index is 1.77. The minimum Gasteiger partial charge on any atom is -0.369 e. The molecule has 1 aliphatic carbocycles. The van der Waals surface area contributed by atoms with Gasteiger partial charge in [-0.3, -0.25) is 4.79 Å². The van der Waals surface area contributed by atoms with Gasteiger partial charge in [-0.05, 0) is 25.0 Å². The van der Waals surface area contributed by atoms with E-state index in [1.165, 1.54) is 0 Å². The Labute approximate surface area is 152 Å². The summed E-state index contributed by atoms with van der Waals surface area (Å²) in [7, 11) is 0. The van der Waals surface area contributed by atoms with Gasteiger partial charge in [0, 0.05) is 17.0 Å². The Morgan fingerprint density at radius 3 is 2.50 bits per heavy atom. The maximum atomic E-state index is 11.9. The van der Waals surface area contributed by atoms with Gasteiger partial charge in [-0.25, -0.2) is 9.97 Å². The molecule has 1 aliphatic rings. The smallest absolute Gasteiger partial charge is 0.222 e. The van der Waals surface area contributed by atoms with Crippen molar-refractivity contribution in [2.75, 3.05) is 5.32 Å². The summed E-state index contributed by atoms with van der Waals surface area (Å²) in [4.78, 5) is 21.4. The molecule has 0 aliphatic heterocycles. The Kier molecular flexibility index (Phi) is 4.52. The molecule has 1 fully saturated rings. The second-order valence-corrected chi connectivity index (χ2v) is 6.82. The van der Waals surface area contributed by atoms with Gasteiger partial charge in [0.25, 0.3) is 0 Å². The van der Waals surface area contributed by atoms with Gasteiger partial charge in [-0.2, -0.15) is 0 Å². The summed E-state index contributed by atoms with van der Waals surface area (Å²) in [5.74, 6) is 1.06. The molecule has 3 aromatic rings. The second-order valence-electron chi connectivity index (χ2n) is 6.82. The lowest BCUT2D eigenvalue weighted by molar-refractivity contribution is -0.122. The highest BCUT2D eigenvalue weighted by atomic mass is 16.1. The van der Waals surface area contributed by atoms with E-state index in [9.17, 15) is 4.79 Å². The van der Waals surface area contributed by atoms with Crippen molar-refractivity contribution in [1.29, 1.82) is 0 Å². The van der Waals surface area contributed by atoms with Gasteiger partial charge >= 0.3 is 0 Å². The maximum absolute atomic E-state index is 11.9. The first-order valence-electron chi connectivity index (χ1n) is 9.10. The van der Waals surface area contributed by atoms with Crippen molar-refractivity contribution in [2.45, 2.75) is 31.7 Å². The SMILES string of the molecule is NC(=O)C1CCCCC1Nc1nc(-c2ccccc2)nc2ccccc12. The number of hydrogen-bond acceptors (Lipinski definition) is 4. The topological polar surface area (TPSA) is 80.9 Å². The molecule has 1 heterocycles. The molecule has 26 heavy (non-hydrogen) atoms. The van der Waals surface area contributed by atoms with Crippen LogP contribution in [-0.4, -0.2) is 21.9 Å². The van der Waals surface area contributed by atoms with E-state index in [1.54, 1.807) is 0 Å². The van der Waals surface area contributed by atoms with Crippen molar-refractivity contribution in [3.63, 3.8) is 0 Å². The van der Waals surface area contributed by atoms with Crippen LogP contribution < -0.4 is 11.1 Å². The molecule has 2 atom stereocenters. The fourth-order valence-corrected chi connectivity index (χ4v) is 3.72. The average Bonchev–Trinajstić information content (AvgIpc) is 2.69. The van der Waals surface area contributed by atoms with E-state index in [0.717, 1.165) is 48.0 Å². The van der Waals surface area contributed by atoms with Crippen LogP contribution in [0, 0.1) is 5.92 Å². The fraction of sp³-hybridized carbons (Fsp3) is 0.286. The first-order chi connectivity index (χ1) is 12.7. The molecule has 0 spiro atoms. The minimum atomic E-state index is -0.233. The largest absolute Gasteiger partial charge is 0.369 e. The molecule has 1 amide bonds. The molecule has 0 bridgehead atoms. The highest BCUT2D eigenvalue weighted by molar-refractivity contribution is 5.91. The molecule has 2 aromatic carbocycles. The number of primary amides is 1. The summed E-state index contributed by atoms with van der Waals surface area (Å²) in [5, 5.41) is 4.47. The van der Waals surface area contributed by atoms with Crippen molar-refractivity contribution < 1.29 is 4.79 Å². The van der Waals surface area contributed by atoms with Crippen molar-refractivity contribution >= 4 is 22.6 Å². The predicted molar refractivity (Wildman–Crippen MR) is 104 cm³/mol. The normalized spacial score (nSPS) is 20.0. The van der Waals surface area contributed by atoms with Gasteiger partial charge in [0.1, 0.15) is 5.82 Å². The third-order valence-corrected chi connectivity index (χ3v) is 5.09. The molecule has 1 aromatic heterocycles. The predicted octanol–water partition coefficient (Wildman–Crippen LogP) is 3.75. The van der Waals surface area contributed by atoms with Gasteiger partial charge in [0.05, 0.1) is 11.4 Å². The van der Waals surface area contributed by atoms with Crippen LogP contribution in [0.1, 0.15) is 25.7 Å². The number of para-hydroxylation sites is 1. The van der Waals surface area contributed by atoms with Crippen molar-refractivity contribution in [2.24, 2.45) is 11.7 Å². The first kappa shape index (κ1) is 16.5. The van der Waals surface area contributed by atoms with E-state index in [0.29, 0.717) is 5.82 Å². The van der Waals surface area contributed by atoms with Crippen LogP contribution in [0.25, 0.3) is 22.3 Å². The molecule has 1 saturated carbocycles. The summed E-state index contributed by atoms with van der Waals surface area (Å²) in [6.07, 6.45) is 3.90. The average molecular weight is 346 g/mol. The summed E-state index contributed by atoms with van der Waals surface area (Å²) in [6.45, 7) is 0. The van der Waals surface area contributed by atoms with Crippen LogP contribution in [0.5, 0.6) is 0 Å². The van der Waals surface area contributed by atoms with Gasteiger partial charge < -0.3 is 11.1 Å². The lowest BCUT2D eigenvalue weighted by Gasteiger charge is -2.30. The standard InChI is InChI=1S/C21H22N4O/c22-19(26)15-10-4-6-12-17(15)24-21-16-11-5-7-13-18(16)23-20(25-21)14-8-2-1-3-9-14/h1-3,5,7-9,11,13,15,17H,4,6,10,12H2,(H2,22,26)(H,23,24,25). The third kappa shape index (κ3) is 3.25. The number of benzene rings is 2. The van der Waals surface area contributed by atoms with Crippen molar-refractivity contribution in [3.05, 3.63) is 54.6 Å². The highest BCUT2D eigenvalue weighted by Gasteiger charge is 2.30. The maximum Gasteiger partial charge on any atom is 0.222 e. The lowest BCUT2D eigenvalue weighted by atomic mass is 9.84. The van der Waals surface area contributed by atoms with E-state index >= 15 is 0 Å². The van der Waals surface area contributed by atoms with Crippen LogP contribution in [0.15, 0.2) is 54.6 Å². The second kappa shape index (κ2) is 7.12. The summed E-state index contributed by atoms with van der Waals surface area (Å²) < 4.78 is 0. The van der Waals surface area contributed by atoms with E-state index in [4.69, 9.17) is 15.7 Å². The van der Waals surface area contributed by atoms with E-state index < -0.39 is 0 Å². The number of anilines is 1. The number of aromatic nitrogens is 2. The number of carbonyl (C=O) groups excluding carboxylic acids is 1. The Morgan fingerprint density at radius 2 is 1.69 bits per heavy atom. The molecule has 132 valence electrons. The molecule has 4 rings (SSSR count). The fourth-order valence-electron chi connectivity index (χ4n) is 3.72. The zero-order valence-corrected chi connectivity index (χ0v) is 14.6. The Hall–Kier alpha value is -2.95. The van der Waals surface area contributed by atoms with Crippen LogP contribution in [0.4, 0.5) is 5.82 Å². The molecule has 0 radical (unpaired) electrons. The lowest BCUT2D eigenvalue weighted by Crippen LogP contribution is -2.40. The van der Waals surface area contributed by atoms with E-state index in [1.807, 2.05) is 54.6 Å². The van der Waals surface area contributed by atoms with E-state index in [2.05, 4.69) is 5.32 Å². The van der Waals surface area contributed by atoms with Crippen LogP contribution in [0.2, 0.25) is 0 Å². The Bertz CT molecular complexity index is 926. The Morgan fingerprint density at radius 1 is 0.962 bits per heavy atom. The number of hydrogen-bond donors (Lipinski definition) is 2. The highest BCUT2D eigenvalue weighted by Crippen LogP contribution is 2.30. The number of nitrogens with zero attached hydrogens (tertiary/aromatic N) is 2. The van der Waals surface area contributed by atoms with Crippen molar-refractivity contribution in [1.82, 2.24) is 9.97 Å². The molecule has 0 saturated heterocycles. The molecule has 3 N–H and O–H groups in total. The van der Waals surface area contributed by atoms with Crippen molar-refractivity contribution in [3.8, 4) is 11.4 Å². The van der Waals surface area contributed by atoms with Crippen LogP contribution in [0.3, 0.4) is 0 Å². The summed E-state index contributed by atoms with van der Waals surface area (Å²) in [6, 6.07) is 17.9. The monoisotopic (exact) mass is 346 g/mol. The number of nitrogens with one attached hydrogen (secondary N) is 1. The summed E-state index contributed by atoms with van der Waals surface area (Å²) in [5.41, 5.74) is 7.49. The van der Waals surface area contributed by atoms with Gasteiger partial charge in [-0.1, -0.05) is 55.3 Å². The molecule has 5 nitrogen and oxygen atoms in total. The first-order valence-corrected chi connectivity index (χ1v) is 9.10. The van der Waals surface area contributed by atoms with E-state index in [-0.39, 0.29) is 17.9 Å². The van der Waals surface area contributed by atoms with Crippen LogP contribution in [-0.2, 0) is 4.79 Å². The molecular formula is C21H22N4O. The number of fused-ring (bicyclic) bond motifs is 1. The zero-order chi connectivity index (χ0) is 17.9. The molecule has 5 heteroatoms. The number of amides is 1. The van der Waals surface area contributed by atoms with Gasteiger partial charge in [-0.15, -0.1) is 0 Å². The quantitative estimate of drug-likeness (QED) is 0.754.